The van der Waals surface area contributed by atoms with Crippen molar-refractivity contribution in [2.45, 2.75) is 31.3 Å². The Bertz CT molecular complexity index is 520. The number of carbonyl (C=O) groups excluding carboxylic acids is 1. The summed E-state index contributed by atoms with van der Waals surface area (Å²) in [4.78, 5) is 25.5. The van der Waals surface area contributed by atoms with Crippen molar-refractivity contribution in [2.24, 2.45) is 5.73 Å². The van der Waals surface area contributed by atoms with Gasteiger partial charge in [0.25, 0.3) is 11.5 Å². The number of H-pyrrole nitrogens is 1. The van der Waals surface area contributed by atoms with Gasteiger partial charge in [-0.1, -0.05) is 0 Å². The number of pyridine rings is 1. The molecule has 0 aliphatic carbocycles. The van der Waals surface area contributed by atoms with Gasteiger partial charge in [-0.3, -0.25) is 9.59 Å². The minimum absolute atomic E-state index is 0.0610. The summed E-state index contributed by atoms with van der Waals surface area (Å²) in [6, 6.07) is 2.38. The van der Waals surface area contributed by atoms with Crippen molar-refractivity contribution in [3.63, 3.8) is 0 Å². The van der Waals surface area contributed by atoms with Gasteiger partial charge in [0.15, 0.2) is 0 Å². The predicted molar refractivity (Wildman–Crippen MR) is 58.2 cm³/mol. The molecule has 1 amide bonds. The topological polar surface area (TPSA) is 88.0 Å². The Hall–Kier alpha value is -1.62. The monoisotopic (exact) mass is 219 g/mol. The molecule has 1 aromatic heterocycles. The van der Waals surface area contributed by atoms with Crippen molar-refractivity contribution in [3.8, 4) is 0 Å². The maximum Gasteiger partial charge on any atom is 0.261 e. The van der Waals surface area contributed by atoms with Crippen molar-refractivity contribution in [3.05, 3.63) is 33.2 Å². The van der Waals surface area contributed by atoms with E-state index in [-0.39, 0.29) is 17.2 Å². The van der Waals surface area contributed by atoms with Gasteiger partial charge in [0.1, 0.15) is 5.56 Å². The summed E-state index contributed by atoms with van der Waals surface area (Å²) in [7, 11) is 0. The number of hydrogen-bond donors (Lipinski definition) is 3. The summed E-state index contributed by atoms with van der Waals surface area (Å²) in [5, 5.41) is 3.46. The Morgan fingerprint density at radius 3 is 3.00 bits per heavy atom. The average molecular weight is 219 g/mol. The number of primary amides is 1. The second-order valence-electron chi connectivity index (χ2n) is 4.51. The largest absolute Gasteiger partial charge is 0.365 e. The highest BCUT2D eigenvalue weighted by atomic mass is 16.2. The third-order valence-electron chi connectivity index (χ3n) is 3.49. The molecule has 0 saturated carbocycles. The minimum atomic E-state index is -0.663. The number of amides is 1. The summed E-state index contributed by atoms with van der Waals surface area (Å²) < 4.78 is 0. The Balaban J connectivity index is 2.17. The van der Waals surface area contributed by atoms with Crippen molar-refractivity contribution >= 4 is 5.91 Å². The molecule has 1 fully saturated rings. The van der Waals surface area contributed by atoms with Gasteiger partial charge in [-0.25, -0.2) is 0 Å². The molecule has 0 aromatic carbocycles. The zero-order valence-corrected chi connectivity index (χ0v) is 8.75. The summed E-state index contributed by atoms with van der Waals surface area (Å²) >= 11 is 0. The van der Waals surface area contributed by atoms with Crippen LogP contribution in [0.1, 0.15) is 40.5 Å². The van der Waals surface area contributed by atoms with Gasteiger partial charge in [-0.15, -0.1) is 0 Å². The third kappa shape index (κ3) is 1.28. The molecule has 0 radical (unpaired) electrons. The second-order valence-corrected chi connectivity index (χ2v) is 4.51. The maximum absolute atomic E-state index is 11.6. The zero-order valence-electron chi connectivity index (χ0n) is 8.75. The molecule has 2 aliphatic rings. The molecule has 0 spiro atoms. The van der Waals surface area contributed by atoms with Crippen LogP contribution in [0.2, 0.25) is 0 Å². The Labute approximate surface area is 92.0 Å². The number of aromatic nitrogens is 1. The Morgan fingerprint density at radius 2 is 2.25 bits per heavy atom. The molecule has 5 nitrogen and oxygen atoms in total. The molecule has 5 heteroatoms. The molecule has 1 aromatic rings. The normalized spacial score (nSPS) is 26.5. The standard InChI is InChI=1S/C11H13N3O2/c12-10(15)7-4-6-8-2-1-5(13-8)3-9(6)14-11(7)16/h4-5,8,13H,1-3H2,(H2,12,15)(H,14,16)/t5-,8-/m1/s1. The molecular formula is C11H13N3O2. The lowest BCUT2D eigenvalue weighted by atomic mass is 9.98. The van der Waals surface area contributed by atoms with E-state index in [4.69, 9.17) is 5.73 Å². The van der Waals surface area contributed by atoms with Crippen LogP contribution in [-0.2, 0) is 6.42 Å². The first-order valence-electron chi connectivity index (χ1n) is 5.47. The number of aromatic amines is 1. The molecule has 2 aliphatic heterocycles. The summed E-state index contributed by atoms with van der Waals surface area (Å²) in [5.41, 5.74) is 6.85. The SMILES string of the molecule is NC(=O)c1cc2c([nH]c1=O)C[C@H]1CC[C@H]2N1. The first-order chi connectivity index (χ1) is 7.65. The molecule has 3 rings (SSSR count). The molecule has 0 unspecified atom stereocenters. The fourth-order valence-electron chi connectivity index (χ4n) is 2.72. The van der Waals surface area contributed by atoms with E-state index in [1.165, 1.54) is 0 Å². The van der Waals surface area contributed by atoms with Crippen LogP contribution in [0, 0.1) is 0 Å². The Kier molecular flexibility index (Phi) is 1.91. The van der Waals surface area contributed by atoms with Crippen LogP contribution in [0.5, 0.6) is 0 Å². The quantitative estimate of drug-likeness (QED) is 0.612. The summed E-state index contributed by atoms with van der Waals surface area (Å²) in [5.74, 6) is -0.663. The number of hydrogen-bond acceptors (Lipinski definition) is 3. The fourth-order valence-corrected chi connectivity index (χ4v) is 2.72. The van der Waals surface area contributed by atoms with Gasteiger partial charge in [-0.2, -0.15) is 0 Å². The van der Waals surface area contributed by atoms with E-state index in [1.54, 1.807) is 6.07 Å². The number of rotatable bonds is 1. The lowest BCUT2D eigenvalue weighted by Gasteiger charge is -2.24. The summed E-state index contributed by atoms with van der Waals surface area (Å²) in [6.07, 6.45) is 3.01. The van der Waals surface area contributed by atoms with Crippen LogP contribution < -0.4 is 16.6 Å². The molecule has 2 bridgehead atoms. The fraction of sp³-hybridized carbons (Fsp3) is 0.455. The van der Waals surface area contributed by atoms with Gasteiger partial charge in [0, 0.05) is 24.2 Å². The van der Waals surface area contributed by atoms with E-state index < -0.39 is 5.91 Å². The first-order valence-corrected chi connectivity index (χ1v) is 5.47. The van der Waals surface area contributed by atoms with E-state index in [0.29, 0.717) is 6.04 Å². The van der Waals surface area contributed by atoms with Crippen molar-refractivity contribution in [2.75, 3.05) is 0 Å². The zero-order chi connectivity index (χ0) is 11.3. The highest BCUT2D eigenvalue weighted by molar-refractivity contribution is 5.92. The number of nitrogens with one attached hydrogen (secondary N) is 2. The van der Waals surface area contributed by atoms with Gasteiger partial charge in [-0.05, 0) is 24.5 Å². The van der Waals surface area contributed by atoms with Crippen molar-refractivity contribution in [1.29, 1.82) is 0 Å². The highest BCUT2D eigenvalue weighted by Crippen LogP contribution is 2.34. The van der Waals surface area contributed by atoms with Gasteiger partial charge in [0.2, 0.25) is 0 Å². The molecule has 1 saturated heterocycles. The lowest BCUT2D eigenvalue weighted by Crippen LogP contribution is -2.35. The molecule has 4 N–H and O–H groups in total. The maximum atomic E-state index is 11.6. The van der Waals surface area contributed by atoms with Crippen LogP contribution in [-0.4, -0.2) is 16.9 Å². The van der Waals surface area contributed by atoms with E-state index >= 15 is 0 Å². The van der Waals surface area contributed by atoms with E-state index in [2.05, 4.69) is 10.3 Å². The summed E-state index contributed by atoms with van der Waals surface area (Å²) in [6.45, 7) is 0. The van der Waals surface area contributed by atoms with Gasteiger partial charge < -0.3 is 16.0 Å². The van der Waals surface area contributed by atoms with E-state index in [0.717, 1.165) is 30.5 Å². The third-order valence-corrected chi connectivity index (χ3v) is 3.49. The van der Waals surface area contributed by atoms with Crippen LogP contribution in [0.15, 0.2) is 10.9 Å². The number of carbonyl (C=O) groups is 1. The molecule has 3 heterocycles. The van der Waals surface area contributed by atoms with E-state index in [9.17, 15) is 9.59 Å². The molecule has 84 valence electrons. The Morgan fingerprint density at radius 1 is 1.44 bits per heavy atom. The smallest absolute Gasteiger partial charge is 0.261 e. The van der Waals surface area contributed by atoms with Crippen LogP contribution in [0.4, 0.5) is 0 Å². The van der Waals surface area contributed by atoms with E-state index in [1.807, 2.05) is 0 Å². The van der Waals surface area contributed by atoms with Crippen LogP contribution >= 0.6 is 0 Å². The number of nitrogens with two attached hydrogens (primary N) is 1. The molecular weight excluding hydrogens is 206 g/mol. The molecule has 16 heavy (non-hydrogen) atoms. The lowest BCUT2D eigenvalue weighted by molar-refractivity contribution is 0.0998. The first kappa shape index (κ1) is 9.59. The highest BCUT2D eigenvalue weighted by Gasteiger charge is 2.33. The van der Waals surface area contributed by atoms with Crippen molar-refractivity contribution in [1.82, 2.24) is 10.3 Å². The molecule has 2 atom stereocenters. The minimum Gasteiger partial charge on any atom is -0.365 e. The van der Waals surface area contributed by atoms with Gasteiger partial charge >= 0.3 is 0 Å². The number of fused-ring (bicyclic) bond motifs is 4. The van der Waals surface area contributed by atoms with Crippen molar-refractivity contribution < 1.29 is 4.79 Å². The predicted octanol–water partition coefficient (Wildman–Crippen LogP) is -0.177. The van der Waals surface area contributed by atoms with Gasteiger partial charge in [0.05, 0.1) is 0 Å². The van der Waals surface area contributed by atoms with Crippen LogP contribution in [0.25, 0.3) is 0 Å². The second kappa shape index (κ2) is 3.18. The average Bonchev–Trinajstić information content (AvgIpc) is 2.60. The van der Waals surface area contributed by atoms with Crippen LogP contribution in [0.3, 0.4) is 0 Å².